The molecular weight excluding hydrogens is 388 g/mol. The molecule has 27 heavy (non-hydrogen) atoms. The smallest absolute Gasteiger partial charge is 0.241 e. The van der Waals surface area contributed by atoms with E-state index in [1.54, 1.807) is 19.1 Å². The molecule has 2 fully saturated rings. The van der Waals surface area contributed by atoms with Crippen LogP contribution in [0.4, 0.5) is 0 Å². The van der Waals surface area contributed by atoms with E-state index in [9.17, 15) is 18.3 Å². The number of sulfone groups is 1. The normalized spacial score (nSPS) is 24.4. The SMILES string of the molecule is Cc1ccc(C)c(S(=O)(=O)C2(C(=O)NCC3CNCC3O)CCCC2)c1.Cl. The quantitative estimate of drug-likeness (QED) is 0.676. The fourth-order valence-corrected chi connectivity index (χ4v) is 6.48. The first-order chi connectivity index (χ1) is 12.3. The lowest BCUT2D eigenvalue weighted by Crippen LogP contribution is -2.52. The Morgan fingerprint density at radius 3 is 2.52 bits per heavy atom. The summed E-state index contributed by atoms with van der Waals surface area (Å²) >= 11 is 0. The van der Waals surface area contributed by atoms with Gasteiger partial charge in [-0.15, -0.1) is 12.4 Å². The zero-order valence-corrected chi connectivity index (χ0v) is 17.5. The van der Waals surface area contributed by atoms with Crippen LogP contribution in [0, 0.1) is 19.8 Å². The predicted octanol–water partition coefficient (Wildman–Crippen LogP) is 1.51. The number of hydrogen-bond donors (Lipinski definition) is 3. The van der Waals surface area contributed by atoms with Crippen LogP contribution in [0.15, 0.2) is 23.1 Å². The van der Waals surface area contributed by atoms with Gasteiger partial charge >= 0.3 is 0 Å². The lowest BCUT2D eigenvalue weighted by Gasteiger charge is -2.29. The molecule has 0 aromatic heterocycles. The highest BCUT2D eigenvalue weighted by Gasteiger charge is 2.53. The van der Waals surface area contributed by atoms with Crippen molar-refractivity contribution in [1.82, 2.24) is 10.6 Å². The van der Waals surface area contributed by atoms with Crippen molar-refractivity contribution in [3.05, 3.63) is 29.3 Å². The minimum absolute atomic E-state index is 0. The molecule has 2 atom stereocenters. The minimum atomic E-state index is -3.80. The fourth-order valence-electron chi connectivity index (χ4n) is 4.08. The maximum atomic E-state index is 13.5. The Morgan fingerprint density at radius 2 is 1.93 bits per heavy atom. The van der Waals surface area contributed by atoms with E-state index >= 15 is 0 Å². The van der Waals surface area contributed by atoms with E-state index < -0.39 is 26.6 Å². The lowest BCUT2D eigenvalue weighted by atomic mass is 10.0. The number of amides is 1. The maximum absolute atomic E-state index is 13.5. The van der Waals surface area contributed by atoms with Crippen LogP contribution in [0.25, 0.3) is 0 Å². The largest absolute Gasteiger partial charge is 0.391 e. The van der Waals surface area contributed by atoms with Gasteiger partial charge in [-0.25, -0.2) is 8.42 Å². The van der Waals surface area contributed by atoms with E-state index in [2.05, 4.69) is 10.6 Å². The third-order valence-electron chi connectivity index (χ3n) is 5.80. The maximum Gasteiger partial charge on any atom is 0.241 e. The molecule has 1 amide bonds. The molecule has 3 N–H and O–H groups in total. The molecule has 1 saturated heterocycles. The topological polar surface area (TPSA) is 95.5 Å². The van der Waals surface area contributed by atoms with Gasteiger partial charge in [-0.1, -0.05) is 25.0 Å². The third-order valence-corrected chi connectivity index (χ3v) is 8.44. The average Bonchev–Trinajstić information content (AvgIpc) is 3.25. The third kappa shape index (κ3) is 4.01. The molecule has 0 spiro atoms. The van der Waals surface area contributed by atoms with Crippen molar-refractivity contribution < 1.29 is 18.3 Å². The molecule has 1 aliphatic carbocycles. The van der Waals surface area contributed by atoms with E-state index in [1.807, 2.05) is 13.0 Å². The van der Waals surface area contributed by atoms with E-state index in [0.29, 0.717) is 31.5 Å². The first-order valence-corrected chi connectivity index (χ1v) is 10.8. The van der Waals surface area contributed by atoms with Crippen LogP contribution in [0.1, 0.15) is 36.8 Å². The molecule has 6 nitrogen and oxygen atoms in total. The van der Waals surface area contributed by atoms with Crippen LogP contribution in [-0.2, 0) is 14.6 Å². The van der Waals surface area contributed by atoms with Crippen LogP contribution in [-0.4, -0.2) is 49.9 Å². The van der Waals surface area contributed by atoms with Crippen molar-refractivity contribution >= 4 is 28.2 Å². The van der Waals surface area contributed by atoms with Gasteiger partial charge in [0.2, 0.25) is 5.91 Å². The number of rotatable bonds is 5. The van der Waals surface area contributed by atoms with Gasteiger partial charge in [-0.2, -0.15) is 0 Å². The molecule has 1 heterocycles. The highest BCUT2D eigenvalue weighted by Crippen LogP contribution is 2.41. The number of halogens is 1. The van der Waals surface area contributed by atoms with Gasteiger partial charge in [-0.3, -0.25) is 4.79 Å². The zero-order valence-electron chi connectivity index (χ0n) is 15.8. The van der Waals surface area contributed by atoms with Crippen LogP contribution in [0.3, 0.4) is 0 Å². The number of aliphatic hydroxyl groups is 1. The summed E-state index contributed by atoms with van der Waals surface area (Å²) in [7, 11) is -3.80. The summed E-state index contributed by atoms with van der Waals surface area (Å²) in [6.07, 6.45) is 1.64. The molecular formula is C19H29ClN2O4S. The van der Waals surface area contributed by atoms with Crippen molar-refractivity contribution in [3.63, 3.8) is 0 Å². The highest BCUT2D eigenvalue weighted by molar-refractivity contribution is 7.93. The minimum Gasteiger partial charge on any atom is -0.391 e. The second-order valence-electron chi connectivity index (χ2n) is 7.67. The molecule has 1 saturated carbocycles. The zero-order chi connectivity index (χ0) is 18.9. The monoisotopic (exact) mass is 416 g/mol. The predicted molar refractivity (Wildman–Crippen MR) is 107 cm³/mol. The summed E-state index contributed by atoms with van der Waals surface area (Å²) < 4.78 is 25.6. The summed E-state index contributed by atoms with van der Waals surface area (Å²) in [4.78, 5) is 13.3. The number of aryl methyl sites for hydroxylation is 2. The van der Waals surface area contributed by atoms with Gasteiger partial charge in [0.25, 0.3) is 0 Å². The number of β-amino-alcohol motifs (C(OH)–C–C–N with tert-alkyl or cyclic N) is 1. The van der Waals surface area contributed by atoms with Crippen molar-refractivity contribution in [3.8, 4) is 0 Å². The number of carbonyl (C=O) groups is 1. The van der Waals surface area contributed by atoms with E-state index in [4.69, 9.17) is 0 Å². The van der Waals surface area contributed by atoms with Crippen LogP contribution in [0.2, 0.25) is 0 Å². The van der Waals surface area contributed by atoms with Gasteiger partial charge < -0.3 is 15.7 Å². The second kappa shape index (κ2) is 8.47. The summed E-state index contributed by atoms with van der Waals surface area (Å²) in [5.41, 5.74) is 1.54. The Labute approximate surface area is 167 Å². The van der Waals surface area contributed by atoms with E-state index in [0.717, 1.165) is 18.4 Å². The number of nitrogens with one attached hydrogen (secondary N) is 2. The van der Waals surface area contributed by atoms with Crippen molar-refractivity contribution in [2.45, 2.75) is 55.3 Å². The Bertz CT molecular complexity index is 791. The molecule has 0 radical (unpaired) electrons. The Hall–Kier alpha value is -1.15. The van der Waals surface area contributed by atoms with Crippen molar-refractivity contribution in [2.75, 3.05) is 19.6 Å². The van der Waals surface area contributed by atoms with Gasteiger partial charge in [0, 0.05) is 25.6 Å². The standard InChI is InChI=1S/C19H28N2O4S.ClH/c1-13-5-6-14(2)17(9-13)26(24,25)19(7-3-4-8-19)18(23)21-11-15-10-20-12-16(15)22;/h5-6,9,15-16,20,22H,3-4,7-8,10-12H2,1-2H3,(H,21,23);1H. The number of hydrogen-bond acceptors (Lipinski definition) is 5. The lowest BCUT2D eigenvalue weighted by molar-refractivity contribution is -0.123. The molecule has 2 unspecified atom stereocenters. The molecule has 0 bridgehead atoms. The van der Waals surface area contributed by atoms with Gasteiger partial charge in [-0.05, 0) is 43.9 Å². The van der Waals surface area contributed by atoms with Crippen LogP contribution in [0.5, 0.6) is 0 Å². The molecule has 1 aromatic rings. The molecule has 152 valence electrons. The summed E-state index contributed by atoms with van der Waals surface area (Å²) in [5, 5.41) is 15.8. The fraction of sp³-hybridized carbons (Fsp3) is 0.632. The number of aliphatic hydroxyl groups excluding tert-OH is 1. The summed E-state index contributed by atoms with van der Waals surface area (Å²) in [6.45, 7) is 5.05. The first kappa shape index (κ1) is 22.1. The molecule has 1 aliphatic heterocycles. The van der Waals surface area contributed by atoms with Gasteiger partial charge in [0.1, 0.15) is 0 Å². The molecule has 2 aliphatic rings. The number of benzene rings is 1. The Kier molecular flexibility index (Phi) is 6.95. The molecule has 8 heteroatoms. The summed E-state index contributed by atoms with van der Waals surface area (Å²) in [6, 6.07) is 5.34. The van der Waals surface area contributed by atoms with E-state index in [-0.39, 0.29) is 29.8 Å². The first-order valence-electron chi connectivity index (χ1n) is 9.27. The highest BCUT2D eigenvalue weighted by atomic mass is 35.5. The summed E-state index contributed by atoms with van der Waals surface area (Å²) in [5.74, 6) is -0.504. The van der Waals surface area contributed by atoms with Gasteiger partial charge in [0.15, 0.2) is 14.6 Å². The Morgan fingerprint density at radius 1 is 1.26 bits per heavy atom. The average molecular weight is 417 g/mol. The number of carbonyl (C=O) groups excluding carboxylic acids is 1. The van der Waals surface area contributed by atoms with Gasteiger partial charge in [0.05, 0.1) is 11.0 Å². The second-order valence-corrected chi connectivity index (χ2v) is 9.90. The van der Waals surface area contributed by atoms with Crippen molar-refractivity contribution in [1.29, 1.82) is 0 Å². The van der Waals surface area contributed by atoms with Crippen LogP contribution >= 0.6 is 12.4 Å². The molecule has 1 aromatic carbocycles. The molecule has 3 rings (SSSR count). The van der Waals surface area contributed by atoms with E-state index in [1.165, 1.54) is 0 Å². The van der Waals surface area contributed by atoms with Crippen LogP contribution < -0.4 is 10.6 Å². The van der Waals surface area contributed by atoms with Crippen molar-refractivity contribution in [2.24, 2.45) is 5.92 Å². The Balaban J connectivity index is 0.00000261.